The molecule has 0 aliphatic heterocycles. The third-order valence-corrected chi connectivity index (χ3v) is 4.96. The first-order valence-corrected chi connectivity index (χ1v) is 10.2. The van der Waals surface area contributed by atoms with Crippen molar-refractivity contribution in [3.05, 3.63) is 84.3 Å². The molecular formula is C27H33NO2. The lowest BCUT2D eigenvalue weighted by atomic mass is 9.93. The normalized spacial score (nSPS) is 12.6. The van der Waals surface area contributed by atoms with Crippen LogP contribution in [0.5, 0.6) is 11.5 Å². The van der Waals surface area contributed by atoms with Gasteiger partial charge in [0.05, 0.1) is 12.0 Å². The second kappa shape index (κ2) is 9.22. The molecule has 158 valence electrons. The lowest BCUT2D eigenvalue weighted by molar-refractivity contribution is 0.296. The largest absolute Gasteiger partial charge is 0.462 e. The van der Waals surface area contributed by atoms with Crippen LogP contribution in [0.1, 0.15) is 58.6 Å². The van der Waals surface area contributed by atoms with E-state index < -0.39 is 0 Å². The number of allylic oxidation sites excluding steroid dienone is 2. The Morgan fingerprint density at radius 3 is 1.57 bits per heavy atom. The topological polar surface area (TPSA) is 42.2 Å². The molecule has 0 spiro atoms. The van der Waals surface area contributed by atoms with Crippen LogP contribution in [-0.2, 0) is 6.42 Å². The van der Waals surface area contributed by atoms with Crippen LogP contribution in [0.2, 0.25) is 0 Å². The highest BCUT2D eigenvalue weighted by atomic mass is 16.5. The van der Waals surface area contributed by atoms with Crippen molar-refractivity contribution >= 4 is 0 Å². The van der Waals surface area contributed by atoms with E-state index in [1.54, 1.807) is 0 Å². The van der Waals surface area contributed by atoms with Gasteiger partial charge in [0.2, 0.25) is 0 Å². The van der Waals surface area contributed by atoms with Gasteiger partial charge in [-0.15, -0.1) is 0 Å². The van der Waals surface area contributed by atoms with Gasteiger partial charge in [-0.3, -0.25) is 0 Å². The Balaban J connectivity index is 2.04. The summed E-state index contributed by atoms with van der Waals surface area (Å²) >= 11 is 0. The number of hydrogen-bond acceptors (Lipinski definition) is 3. The van der Waals surface area contributed by atoms with Crippen LogP contribution in [0.4, 0.5) is 0 Å². The van der Waals surface area contributed by atoms with Gasteiger partial charge >= 0.3 is 0 Å². The minimum Gasteiger partial charge on any atom is -0.462 e. The summed E-state index contributed by atoms with van der Waals surface area (Å²) in [5.41, 5.74) is 1.81. The van der Waals surface area contributed by atoms with E-state index in [1.807, 2.05) is 48.5 Å². The van der Waals surface area contributed by atoms with Crippen molar-refractivity contribution in [2.75, 3.05) is 0 Å². The summed E-state index contributed by atoms with van der Waals surface area (Å²) in [7, 11) is 0. The Morgan fingerprint density at radius 2 is 1.20 bits per heavy atom. The monoisotopic (exact) mass is 403 g/mol. The van der Waals surface area contributed by atoms with Crippen LogP contribution in [0.25, 0.3) is 0 Å². The highest BCUT2D eigenvalue weighted by Gasteiger charge is 2.19. The molecule has 0 radical (unpaired) electrons. The van der Waals surface area contributed by atoms with Gasteiger partial charge in [-0.05, 0) is 41.8 Å². The lowest BCUT2D eigenvalue weighted by Crippen LogP contribution is -2.13. The maximum atomic E-state index is 9.69. The van der Waals surface area contributed by atoms with Crippen molar-refractivity contribution in [2.24, 2.45) is 10.8 Å². The van der Waals surface area contributed by atoms with Crippen LogP contribution in [0, 0.1) is 22.2 Å². The maximum Gasteiger partial charge on any atom is 0.126 e. The molecule has 2 rings (SSSR count). The summed E-state index contributed by atoms with van der Waals surface area (Å²) in [5, 5.41) is 9.69. The molecule has 0 fully saturated rings. The van der Waals surface area contributed by atoms with E-state index in [9.17, 15) is 5.26 Å². The molecule has 2 aromatic carbocycles. The van der Waals surface area contributed by atoms with E-state index in [4.69, 9.17) is 9.47 Å². The van der Waals surface area contributed by atoms with Gasteiger partial charge in [0.25, 0.3) is 0 Å². The van der Waals surface area contributed by atoms with Crippen molar-refractivity contribution in [3.8, 4) is 17.6 Å². The number of benzene rings is 2. The summed E-state index contributed by atoms with van der Waals surface area (Å²) < 4.78 is 11.7. The molecule has 0 aliphatic rings. The number of hydrogen-bond donors (Lipinski definition) is 0. The molecule has 30 heavy (non-hydrogen) atoms. The third-order valence-electron chi connectivity index (χ3n) is 4.96. The van der Waals surface area contributed by atoms with Gasteiger partial charge in [0.15, 0.2) is 0 Å². The van der Waals surface area contributed by atoms with E-state index in [0.717, 1.165) is 28.4 Å². The Morgan fingerprint density at radius 1 is 0.800 bits per heavy atom. The first-order chi connectivity index (χ1) is 13.9. The molecule has 0 aliphatic carbocycles. The second-order valence-corrected chi connectivity index (χ2v) is 9.65. The molecule has 0 saturated heterocycles. The zero-order valence-corrected chi connectivity index (χ0v) is 19.1. The van der Waals surface area contributed by atoms with Gasteiger partial charge in [-0.25, -0.2) is 0 Å². The van der Waals surface area contributed by atoms with Gasteiger partial charge in [0.1, 0.15) is 23.0 Å². The van der Waals surface area contributed by atoms with E-state index in [-0.39, 0.29) is 16.7 Å². The molecule has 3 heteroatoms. The van der Waals surface area contributed by atoms with Gasteiger partial charge in [0, 0.05) is 10.8 Å². The standard InChI is InChI=1S/C27H33NO2/c1-19(26(3,4)5)29-24-13-9-21(10-14-24)17-23(18-28)22-11-15-25(16-12-22)30-20(2)27(6,7)8/h9-16,23H,1-2,17H2,3-8H3. The number of rotatable bonds is 7. The van der Waals surface area contributed by atoms with E-state index in [1.165, 1.54) is 0 Å². The smallest absolute Gasteiger partial charge is 0.126 e. The summed E-state index contributed by atoms with van der Waals surface area (Å²) in [6, 6.07) is 18.0. The highest BCUT2D eigenvalue weighted by molar-refractivity contribution is 5.36. The summed E-state index contributed by atoms with van der Waals surface area (Å²) in [6.45, 7) is 20.4. The molecule has 0 heterocycles. The Kier molecular flexibility index (Phi) is 7.16. The molecule has 0 aromatic heterocycles. The van der Waals surface area contributed by atoms with Crippen LogP contribution in [0.15, 0.2) is 73.2 Å². The van der Waals surface area contributed by atoms with Crippen LogP contribution in [0.3, 0.4) is 0 Å². The molecule has 0 amide bonds. The predicted octanol–water partition coefficient (Wildman–Crippen LogP) is 7.41. The molecule has 2 aromatic rings. The van der Waals surface area contributed by atoms with Crippen molar-refractivity contribution in [2.45, 2.75) is 53.9 Å². The third kappa shape index (κ3) is 6.52. The lowest BCUT2D eigenvalue weighted by Gasteiger charge is -2.22. The summed E-state index contributed by atoms with van der Waals surface area (Å²) in [6.07, 6.45) is 0.631. The number of ether oxygens (including phenoxy) is 2. The zero-order chi connectivity index (χ0) is 22.5. The Labute approximate surface area is 181 Å². The minimum atomic E-state index is -0.235. The fourth-order valence-corrected chi connectivity index (χ4v) is 2.53. The summed E-state index contributed by atoms with van der Waals surface area (Å²) in [4.78, 5) is 0. The molecular weight excluding hydrogens is 370 g/mol. The number of nitrogens with zero attached hydrogens (tertiary/aromatic N) is 1. The molecule has 3 nitrogen and oxygen atoms in total. The molecule has 0 N–H and O–H groups in total. The van der Waals surface area contributed by atoms with E-state index in [2.05, 4.69) is 60.8 Å². The minimum absolute atomic E-state index is 0.111. The molecule has 1 atom stereocenters. The van der Waals surface area contributed by atoms with Crippen molar-refractivity contribution in [1.82, 2.24) is 0 Å². The van der Waals surface area contributed by atoms with Crippen LogP contribution >= 0.6 is 0 Å². The van der Waals surface area contributed by atoms with E-state index >= 15 is 0 Å². The quantitative estimate of drug-likeness (QED) is 0.452. The predicted molar refractivity (Wildman–Crippen MR) is 123 cm³/mol. The van der Waals surface area contributed by atoms with Crippen molar-refractivity contribution < 1.29 is 9.47 Å². The maximum absolute atomic E-state index is 9.69. The van der Waals surface area contributed by atoms with Gasteiger partial charge in [-0.1, -0.05) is 79.0 Å². The highest BCUT2D eigenvalue weighted by Crippen LogP contribution is 2.30. The van der Waals surface area contributed by atoms with Crippen molar-refractivity contribution in [3.63, 3.8) is 0 Å². The van der Waals surface area contributed by atoms with Gasteiger partial charge in [-0.2, -0.15) is 5.26 Å². The van der Waals surface area contributed by atoms with Crippen LogP contribution in [-0.4, -0.2) is 0 Å². The first-order valence-electron chi connectivity index (χ1n) is 10.2. The molecule has 0 saturated carbocycles. The Hall–Kier alpha value is -2.99. The fraction of sp³-hybridized carbons (Fsp3) is 0.370. The van der Waals surface area contributed by atoms with Gasteiger partial charge < -0.3 is 9.47 Å². The fourth-order valence-electron chi connectivity index (χ4n) is 2.53. The average Bonchev–Trinajstić information content (AvgIpc) is 2.66. The second-order valence-electron chi connectivity index (χ2n) is 9.65. The SMILES string of the molecule is C=C(Oc1ccc(CC(C#N)c2ccc(OC(=C)C(C)(C)C)cc2)cc1)C(C)(C)C. The van der Waals surface area contributed by atoms with E-state index in [0.29, 0.717) is 12.2 Å². The molecule has 0 bridgehead atoms. The van der Waals surface area contributed by atoms with Crippen LogP contribution < -0.4 is 9.47 Å². The summed E-state index contributed by atoms with van der Waals surface area (Å²) in [5.74, 6) is 2.69. The Bertz CT molecular complexity index is 917. The van der Waals surface area contributed by atoms with Crippen molar-refractivity contribution in [1.29, 1.82) is 5.26 Å². The average molecular weight is 404 g/mol. The zero-order valence-electron chi connectivity index (χ0n) is 19.1. The number of nitriles is 1. The first kappa shape index (κ1) is 23.3. The molecule has 1 unspecified atom stereocenters.